The van der Waals surface area contributed by atoms with Crippen LogP contribution in [0.1, 0.15) is 28.8 Å². The molecular formula is C15H16N4OS. The van der Waals surface area contributed by atoms with Crippen molar-refractivity contribution in [2.45, 2.75) is 30.6 Å². The van der Waals surface area contributed by atoms with Gasteiger partial charge in [-0.15, -0.1) is 0 Å². The predicted octanol–water partition coefficient (Wildman–Crippen LogP) is 2.40. The first kappa shape index (κ1) is 14.0. The minimum absolute atomic E-state index is 0.00555. The molecule has 1 amide bonds. The van der Waals surface area contributed by atoms with Gasteiger partial charge in [0.15, 0.2) is 5.16 Å². The number of amides is 1. The van der Waals surface area contributed by atoms with Crippen LogP contribution in [0.2, 0.25) is 0 Å². The van der Waals surface area contributed by atoms with Crippen LogP contribution in [0.5, 0.6) is 0 Å². The highest BCUT2D eigenvalue weighted by Crippen LogP contribution is 2.29. The number of hydrogen-bond donors (Lipinski definition) is 0. The van der Waals surface area contributed by atoms with E-state index in [4.69, 9.17) is 0 Å². The summed E-state index contributed by atoms with van der Waals surface area (Å²) in [5.74, 6) is -0.00555. The molecule has 1 aliphatic rings. The lowest BCUT2D eigenvalue weighted by molar-refractivity contribution is 0.0728. The lowest BCUT2D eigenvalue weighted by atomic mass is 10.2. The summed E-state index contributed by atoms with van der Waals surface area (Å²) in [7, 11) is 0. The first-order valence-corrected chi connectivity index (χ1v) is 8.06. The Morgan fingerprint density at radius 1 is 1.33 bits per heavy atom. The molecule has 0 N–H and O–H groups in total. The Morgan fingerprint density at radius 2 is 2.10 bits per heavy atom. The zero-order valence-electron chi connectivity index (χ0n) is 11.8. The van der Waals surface area contributed by atoms with Crippen LogP contribution in [0.25, 0.3) is 0 Å². The molecular weight excluding hydrogens is 284 g/mol. The molecule has 1 aliphatic carbocycles. The van der Waals surface area contributed by atoms with Crippen LogP contribution in [0.3, 0.4) is 0 Å². The van der Waals surface area contributed by atoms with Gasteiger partial charge in [-0.1, -0.05) is 17.8 Å². The monoisotopic (exact) mass is 300 g/mol. The largest absolute Gasteiger partial charge is 0.331 e. The van der Waals surface area contributed by atoms with Gasteiger partial charge in [0.25, 0.3) is 5.91 Å². The zero-order chi connectivity index (χ0) is 14.7. The average Bonchev–Trinajstić information content (AvgIpc) is 3.38. The molecule has 108 valence electrons. The van der Waals surface area contributed by atoms with Crippen molar-refractivity contribution in [3.8, 4) is 0 Å². The number of thioether (sulfide) groups is 1. The van der Waals surface area contributed by atoms with Gasteiger partial charge in [0.05, 0.1) is 5.56 Å². The highest BCUT2D eigenvalue weighted by atomic mass is 32.2. The minimum Gasteiger partial charge on any atom is -0.331 e. The molecule has 21 heavy (non-hydrogen) atoms. The Morgan fingerprint density at radius 3 is 2.67 bits per heavy atom. The molecule has 2 heterocycles. The first-order chi connectivity index (χ1) is 10.3. The maximum absolute atomic E-state index is 12.6. The summed E-state index contributed by atoms with van der Waals surface area (Å²) >= 11 is 1.46. The van der Waals surface area contributed by atoms with Crippen LogP contribution >= 0.6 is 11.8 Å². The van der Waals surface area contributed by atoms with Crippen molar-refractivity contribution in [1.82, 2.24) is 19.9 Å². The van der Waals surface area contributed by atoms with Crippen molar-refractivity contribution in [2.24, 2.45) is 0 Å². The normalized spacial score (nSPS) is 14.0. The number of aromatic nitrogens is 3. The van der Waals surface area contributed by atoms with Crippen LogP contribution in [0, 0.1) is 0 Å². The average molecular weight is 300 g/mol. The molecule has 1 saturated carbocycles. The van der Waals surface area contributed by atoms with Crippen LogP contribution in [0.15, 0.2) is 42.1 Å². The maximum Gasteiger partial charge on any atom is 0.257 e. The van der Waals surface area contributed by atoms with E-state index in [1.807, 2.05) is 23.3 Å². The fraction of sp³-hybridized carbons (Fsp3) is 0.333. The second-order valence-corrected chi connectivity index (χ2v) is 5.76. The second kappa shape index (κ2) is 6.22. The highest BCUT2D eigenvalue weighted by Gasteiger charge is 2.33. The zero-order valence-corrected chi connectivity index (χ0v) is 12.6. The Bertz CT molecular complexity index is 613. The number of pyridine rings is 1. The SMILES string of the molecule is CSc1ncc(C(=O)N(Cc2cccnc2)C2CC2)cn1. The van der Waals surface area contributed by atoms with E-state index in [-0.39, 0.29) is 5.91 Å². The molecule has 5 nitrogen and oxygen atoms in total. The van der Waals surface area contributed by atoms with E-state index >= 15 is 0 Å². The molecule has 2 aromatic heterocycles. The van der Waals surface area contributed by atoms with Crippen molar-refractivity contribution in [1.29, 1.82) is 0 Å². The second-order valence-electron chi connectivity index (χ2n) is 4.98. The van der Waals surface area contributed by atoms with E-state index < -0.39 is 0 Å². The van der Waals surface area contributed by atoms with Crippen LogP contribution in [-0.4, -0.2) is 38.1 Å². The minimum atomic E-state index is -0.00555. The first-order valence-electron chi connectivity index (χ1n) is 6.84. The molecule has 2 aromatic rings. The molecule has 0 unspecified atom stereocenters. The number of hydrogen-bond acceptors (Lipinski definition) is 5. The molecule has 3 rings (SSSR count). The molecule has 1 fully saturated rings. The van der Waals surface area contributed by atoms with Gasteiger partial charge >= 0.3 is 0 Å². The summed E-state index contributed by atoms with van der Waals surface area (Å²) in [5.41, 5.74) is 1.59. The van der Waals surface area contributed by atoms with Gasteiger partial charge < -0.3 is 4.90 Å². The predicted molar refractivity (Wildman–Crippen MR) is 80.9 cm³/mol. The van der Waals surface area contributed by atoms with Crippen molar-refractivity contribution in [3.63, 3.8) is 0 Å². The fourth-order valence-corrected chi connectivity index (χ4v) is 2.46. The molecule has 0 radical (unpaired) electrons. The Balaban J connectivity index is 1.78. The topological polar surface area (TPSA) is 59.0 Å². The number of carbonyl (C=O) groups excluding carboxylic acids is 1. The van der Waals surface area contributed by atoms with Gasteiger partial charge in [0.2, 0.25) is 0 Å². The molecule has 0 aliphatic heterocycles. The van der Waals surface area contributed by atoms with Crippen molar-refractivity contribution >= 4 is 17.7 Å². The Labute approximate surface area is 127 Å². The number of rotatable bonds is 5. The fourth-order valence-electron chi connectivity index (χ4n) is 2.14. The van der Waals surface area contributed by atoms with Crippen LogP contribution < -0.4 is 0 Å². The molecule has 0 spiro atoms. The van der Waals surface area contributed by atoms with Gasteiger partial charge in [-0.25, -0.2) is 9.97 Å². The van der Waals surface area contributed by atoms with E-state index in [1.165, 1.54) is 11.8 Å². The maximum atomic E-state index is 12.6. The van der Waals surface area contributed by atoms with Gasteiger partial charge in [0, 0.05) is 37.4 Å². The van der Waals surface area contributed by atoms with E-state index in [0.717, 1.165) is 18.4 Å². The molecule has 0 bridgehead atoms. The Kier molecular flexibility index (Phi) is 4.15. The molecule has 0 atom stereocenters. The summed E-state index contributed by atoms with van der Waals surface area (Å²) in [5, 5.41) is 0.678. The van der Waals surface area contributed by atoms with Crippen LogP contribution in [0.4, 0.5) is 0 Å². The van der Waals surface area contributed by atoms with Gasteiger partial charge in [0.1, 0.15) is 0 Å². The van der Waals surface area contributed by atoms with Gasteiger partial charge in [-0.3, -0.25) is 9.78 Å². The summed E-state index contributed by atoms with van der Waals surface area (Å²) in [6.45, 7) is 0.585. The lowest BCUT2D eigenvalue weighted by Gasteiger charge is -2.22. The molecule has 0 saturated heterocycles. The summed E-state index contributed by atoms with van der Waals surface area (Å²) in [6.07, 6.45) is 10.8. The Hall–Kier alpha value is -1.95. The van der Waals surface area contributed by atoms with E-state index in [0.29, 0.717) is 23.3 Å². The van der Waals surface area contributed by atoms with Gasteiger partial charge in [-0.05, 0) is 30.7 Å². The third-order valence-electron chi connectivity index (χ3n) is 3.38. The van der Waals surface area contributed by atoms with E-state index in [9.17, 15) is 4.79 Å². The third-order valence-corrected chi connectivity index (χ3v) is 3.96. The van der Waals surface area contributed by atoms with Crippen molar-refractivity contribution < 1.29 is 4.79 Å². The van der Waals surface area contributed by atoms with Gasteiger partial charge in [-0.2, -0.15) is 0 Å². The number of carbonyl (C=O) groups is 1. The summed E-state index contributed by atoms with van der Waals surface area (Å²) < 4.78 is 0. The van der Waals surface area contributed by atoms with E-state index in [1.54, 1.807) is 24.8 Å². The quantitative estimate of drug-likeness (QED) is 0.627. The van der Waals surface area contributed by atoms with Crippen LogP contribution in [-0.2, 0) is 6.54 Å². The van der Waals surface area contributed by atoms with E-state index in [2.05, 4.69) is 15.0 Å². The smallest absolute Gasteiger partial charge is 0.257 e. The standard InChI is InChI=1S/C15H16N4OS/c1-21-15-17-8-12(9-18-15)14(20)19(13-4-5-13)10-11-3-2-6-16-7-11/h2-3,6-9,13H,4-5,10H2,1H3. The third kappa shape index (κ3) is 3.39. The number of nitrogens with zero attached hydrogens (tertiary/aromatic N) is 4. The van der Waals surface area contributed by atoms with Crippen molar-refractivity contribution in [3.05, 3.63) is 48.0 Å². The van der Waals surface area contributed by atoms with Crippen molar-refractivity contribution in [2.75, 3.05) is 6.26 Å². The highest BCUT2D eigenvalue weighted by molar-refractivity contribution is 7.98. The summed E-state index contributed by atoms with van der Waals surface area (Å²) in [4.78, 5) is 27.0. The molecule has 6 heteroatoms. The molecule has 0 aromatic carbocycles. The summed E-state index contributed by atoms with van der Waals surface area (Å²) in [6, 6.07) is 4.21. The lowest BCUT2D eigenvalue weighted by Crippen LogP contribution is -2.32.